The molecule has 5 nitrogen and oxygen atoms in total. The lowest BCUT2D eigenvalue weighted by molar-refractivity contribution is -0.113. The van der Waals surface area contributed by atoms with Crippen LogP contribution in [0.15, 0.2) is 41.3 Å². The highest BCUT2D eigenvalue weighted by Gasteiger charge is 2.36. The van der Waals surface area contributed by atoms with Gasteiger partial charge in [0.1, 0.15) is 0 Å². The number of nitrogens with zero attached hydrogens (tertiary/aromatic N) is 1. The minimum Gasteiger partial charge on any atom is -0.490 e. The molecule has 1 aliphatic rings. The zero-order valence-corrected chi connectivity index (χ0v) is 19.1. The third kappa shape index (κ3) is 4.94. The van der Waals surface area contributed by atoms with Gasteiger partial charge in [-0.05, 0) is 74.0 Å². The van der Waals surface area contributed by atoms with Crippen molar-refractivity contribution in [3.05, 3.63) is 56.9 Å². The van der Waals surface area contributed by atoms with Gasteiger partial charge in [-0.3, -0.25) is 9.59 Å². The molecule has 2 amide bonds. The Morgan fingerprint density at radius 3 is 2.60 bits per heavy atom. The van der Waals surface area contributed by atoms with Crippen molar-refractivity contribution in [1.29, 1.82) is 0 Å². The smallest absolute Gasteiger partial charge is 0.298 e. The van der Waals surface area contributed by atoms with E-state index in [1.54, 1.807) is 42.5 Å². The average molecular weight is 466 g/mol. The van der Waals surface area contributed by atoms with Crippen molar-refractivity contribution in [3.8, 4) is 11.5 Å². The van der Waals surface area contributed by atoms with Crippen LogP contribution in [-0.4, -0.2) is 23.9 Å². The summed E-state index contributed by atoms with van der Waals surface area (Å²) >= 11 is 13.3. The maximum absolute atomic E-state index is 12.9. The monoisotopic (exact) mass is 465 g/mol. The molecule has 0 spiro atoms. The molecule has 30 heavy (non-hydrogen) atoms. The number of rotatable bonds is 7. The lowest BCUT2D eigenvalue weighted by Crippen LogP contribution is -2.27. The van der Waals surface area contributed by atoms with Crippen LogP contribution in [-0.2, 0) is 4.79 Å². The van der Waals surface area contributed by atoms with E-state index in [0.29, 0.717) is 39.4 Å². The van der Waals surface area contributed by atoms with Crippen molar-refractivity contribution in [3.63, 3.8) is 0 Å². The second-order valence-corrected chi connectivity index (χ2v) is 8.43. The predicted octanol–water partition coefficient (Wildman–Crippen LogP) is 6.81. The number of ether oxygens (including phenoxy) is 2. The van der Waals surface area contributed by atoms with Crippen LogP contribution in [0.25, 0.3) is 6.08 Å². The Morgan fingerprint density at radius 1 is 1.17 bits per heavy atom. The average Bonchev–Trinajstić information content (AvgIpc) is 2.97. The van der Waals surface area contributed by atoms with Gasteiger partial charge in [-0.2, -0.15) is 0 Å². The molecule has 0 radical (unpaired) electrons. The minimum atomic E-state index is -0.415. The largest absolute Gasteiger partial charge is 0.490 e. The first-order valence-electron chi connectivity index (χ1n) is 9.50. The third-order valence-corrected chi connectivity index (χ3v) is 5.77. The molecule has 1 fully saturated rings. The van der Waals surface area contributed by atoms with Gasteiger partial charge in [0.25, 0.3) is 11.1 Å². The zero-order chi connectivity index (χ0) is 21.8. The molecule has 1 aliphatic heterocycles. The molecule has 3 rings (SSSR count). The number of halogens is 2. The van der Waals surface area contributed by atoms with Crippen LogP contribution in [0.1, 0.15) is 32.8 Å². The Kier molecular flexibility index (Phi) is 7.34. The van der Waals surface area contributed by atoms with Gasteiger partial charge in [0, 0.05) is 5.02 Å². The molecular weight excluding hydrogens is 445 g/mol. The molecule has 1 atom stereocenters. The van der Waals surface area contributed by atoms with Crippen LogP contribution in [0.3, 0.4) is 0 Å². The first kappa shape index (κ1) is 22.5. The maximum atomic E-state index is 12.9. The summed E-state index contributed by atoms with van der Waals surface area (Å²) in [7, 11) is 0. The molecule has 0 N–H and O–H groups in total. The summed E-state index contributed by atoms with van der Waals surface area (Å²) in [6.45, 7) is 6.26. The Morgan fingerprint density at radius 2 is 1.93 bits per heavy atom. The van der Waals surface area contributed by atoms with Crippen LogP contribution in [0, 0.1) is 0 Å². The fraction of sp³-hybridized carbons (Fsp3) is 0.273. The number of amides is 2. The number of carbonyl (C=O) groups excluding carboxylic acids is 2. The Hall–Kier alpha value is -2.15. The van der Waals surface area contributed by atoms with Gasteiger partial charge < -0.3 is 9.47 Å². The summed E-state index contributed by atoms with van der Waals surface area (Å²) in [5.74, 6) is 0.545. The van der Waals surface area contributed by atoms with Crippen molar-refractivity contribution in [2.24, 2.45) is 0 Å². The molecule has 2 aromatic rings. The van der Waals surface area contributed by atoms with E-state index < -0.39 is 5.91 Å². The van der Waals surface area contributed by atoms with Crippen LogP contribution in [0.2, 0.25) is 10.0 Å². The summed E-state index contributed by atoms with van der Waals surface area (Å²) in [4.78, 5) is 26.7. The predicted molar refractivity (Wildman–Crippen MR) is 123 cm³/mol. The SMILES string of the molecule is CCOc1cc(/C=C2/SC(=O)N(c3cccc(Cl)c3)C2=O)cc(Cl)c1O[C@H](C)CC. The minimum absolute atomic E-state index is 0.0262. The second kappa shape index (κ2) is 9.77. The number of hydrogen-bond donors (Lipinski definition) is 0. The molecule has 158 valence electrons. The van der Waals surface area contributed by atoms with Gasteiger partial charge in [0.2, 0.25) is 0 Å². The van der Waals surface area contributed by atoms with Gasteiger partial charge >= 0.3 is 0 Å². The van der Waals surface area contributed by atoms with Crippen LogP contribution in [0.4, 0.5) is 10.5 Å². The molecule has 1 saturated heterocycles. The van der Waals surface area contributed by atoms with Crippen LogP contribution < -0.4 is 14.4 Å². The highest BCUT2D eigenvalue weighted by molar-refractivity contribution is 8.19. The standard InChI is InChI=1S/C22H21Cl2NO4S/c1-4-13(3)29-20-17(24)9-14(10-18(20)28-5-2)11-19-21(26)25(22(27)30-19)16-8-6-7-15(23)12-16/h6-13H,4-5H2,1-3H3/b19-11+/t13-/m1/s1. The maximum Gasteiger partial charge on any atom is 0.298 e. The van der Waals surface area contributed by atoms with Gasteiger partial charge in [0.15, 0.2) is 11.5 Å². The third-order valence-electron chi connectivity index (χ3n) is 4.38. The normalized spacial score (nSPS) is 16.3. The molecule has 0 aromatic heterocycles. The quantitative estimate of drug-likeness (QED) is 0.420. The highest BCUT2D eigenvalue weighted by Crippen LogP contribution is 2.40. The molecule has 1 heterocycles. The Labute approximate surface area is 189 Å². The summed E-state index contributed by atoms with van der Waals surface area (Å²) in [5, 5.41) is 0.434. The summed E-state index contributed by atoms with van der Waals surface area (Å²) in [6, 6.07) is 10.0. The van der Waals surface area contributed by atoms with E-state index in [9.17, 15) is 9.59 Å². The van der Waals surface area contributed by atoms with Crippen LogP contribution >= 0.6 is 35.0 Å². The summed E-state index contributed by atoms with van der Waals surface area (Å²) in [5.41, 5.74) is 1.07. The lowest BCUT2D eigenvalue weighted by Gasteiger charge is -2.18. The Bertz CT molecular complexity index is 1010. The second-order valence-electron chi connectivity index (χ2n) is 6.60. The number of anilines is 1. The van der Waals surface area contributed by atoms with E-state index in [-0.39, 0.29) is 16.2 Å². The van der Waals surface area contributed by atoms with E-state index in [2.05, 4.69) is 0 Å². The molecule has 0 aliphatic carbocycles. The fourth-order valence-electron chi connectivity index (χ4n) is 2.79. The summed E-state index contributed by atoms with van der Waals surface area (Å²) < 4.78 is 11.6. The number of hydrogen-bond acceptors (Lipinski definition) is 5. The van der Waals surface area contributed by atoms with E-state index >= 15 is 0 Å². The van der Waals surface area contributed by atoms with Gasteiger partial charge in [-0.1, -0.05) is 36.2 Å². The Balaban J connectivity index is 1.94. The van der Waals surface area contributed by atoms with Gasteiger partial charge in [-0.25, -0.2) is 4.90 Å². The first-order valence-corrected chi connectivity index (χ1v) is 11.1. The lowest BCUT2D eigenvalue weighted by atomic mass is 10.1. The number of carbonyl (C=O) groups is 2. The van der Waals surface area contributed by atoms with Crippen molar-refractivity contribution < 1.29 is 19.1 Å². The van der Waals surface area contributed by atoms with Gasteiger partial charge in [-0.15, -0.1) is 0 Å². The molecule has 8 heteroatoms. The van der Waals surface area contributed by atoms with Crippen molar-refractivity contribution >= 4 is 57.9 Å². The highest BCUT2D eigenvalue weighted by atomic mass is 35.5. The van der Waals surface area contributed by atoms with E-state index in [1.807, 2.05) is 20.8 Å². The van der Waals surface area contributed by atoms with Crippen molar-refractivity contribution in [2.75, 3.05) is 11.5 Å². The first-order chi connectivity index (χ1) is 14.3. The van der Waals surface area contributed by atoms with Gasteiger partial charge in [0.05, 0.1) is 28.3 Å². The molecule has 2 aromatic carbocycles. The number of thioether (sulfide) groups is 1. The fourth-order valence-corrected chi connectivity index (χ4v) is 4.08. The molecular formula is C22H21Cl2NO4S. The topological polar surface area (TPSA) is 55.8 Å². The van der Waals surface area contributed by atoms with E-state index in [4.69, 9.17) is 32.7 Å². The van der Waals surface area contributed by atoms with Crippen molar-refractivity contribution in [1.82, 2.24) is 0 Å². The van der Waals surface area contributed by atoms with Crippen LogP contribution in [0.5, 0.6) is 11.5 Å². The molecule has 0 unspecified atom stereocenters. The van der Waals surface area contributed by atoms with E-state index in [0.717, 1.165) is 23.1 Å². The summed E-state index contributed by atoms with van der Waals surface area (Å²) in [6.07, 6.45) is 2.42. The molecule has 0 bridgehead atoms. The zero-order valence-electron chi connectivity index (χ0n) is 16.8. The number of imide groups is 1. The number of benzene rings is 2. The molecule has 0 saturated carbocycles. The van der Waals surface area contributed by atoms with Crippen molar-refractivity contribution in [2.45, 2.75) is 33.3 Å². The van der Waals surface area contributed by atoms with E-state index in [1.165, 1.54) is 0 Å².